The molecule has 2 aliphatic rings. The van der Waals surface area contributed by atoms with Gasteiger partial charge in [0, 0.05) is 25.1 Å². The first-order valence-electron chi connectivity index (χ1n) is 10.5. The Morgan fingerprint density at radius 3 is 2.12 bits per heavy atom. The first-order chi connectivity index (χ1) is 16.0. The molecule has 2 aliphatic heterocycles. The summed E-state index contributed by atoms with van der Waals surface area (Å²) in [7, 11) is 3.58. The summed E-state index contributed by atoms with van der Waals surface area (Å²) in [6.07, 6.45) is 0. The Kier molecular flexibility index (Phi) is 5.30. The van der Waals surface area contributed by atoms with E-state index >= 15 is 0 Å². The molecule has 0 N–H and O–H groups in total. The predicted octanol–water partition coefficient (Wildman–Crippen LogP) is 4.38. The van der Waals surface area contributed by atoms with Crippen LogP contribution in [0.2, 0.25) is 0 Å². The molecule has 8 heteroatoms. The van der Waals surface area contributed by atoms with Crippen molar-refractivity contribution < 1.29 is 9.53 Å². The van der Waals surface area contributed by atoms with Crippen molar-refractivity contribution in [2.45, 2.75) is 12.0 Å². The molecule has 0 radical (unpaired) electrons. The number of thioether (sulfide) groups is 1. The Balaban J connectivity index is 1.64. The fraction of sp³-hybridized carbons (Fsp3) is 0.160. The Labute approximate surface area is 196 Å². The largest absolute Gasteiger partial charge is 0.497 e. The number of anilines is 1. The zero-order valence-electron chi connectivity index (χ0n) is 18.5. The van der Waals surface area contributed by atoms with Crippen molar-refractivity contribution in [3.8, 4) is 5.75 Å². The van der Waals surface area contributed by atoms with Crippen molar-refractivity contribution >= 4 is 34.2 Å². The average molecular weight is 458 g/mol. The van der Waals surface area contributed by atoms with Gasteiger partial charge in [-0.25, -0.2) is 5.01 Å². The Morgan fingerprint density at radius 1 is 0.879 bits per heavy atom. The summed E-state index contributed by atoms with van der Waals surface area (Å²) in [5, 5.41) is 13.0. The molecule has 5 rings (SSSR count). The number of carbonyl (C=O) groups is 1. The second-order valence-corrected chi connectivity index (χ2v) is 8.77. The number of benzene rings is 3. The number of rotatable bonds is 4. The van der Waals surface area contributed by atoms with Gasteiger partial charge >= 0.3 is 0 Å². The number of hydrogen-bond donors (Lipinski definition) is 0. The van der Waals surface area contributed by atoms with E-state index in [1.165, 1.54) is 23.7 Å². The average Bonchev–Trinajstić information content (AvgIpc) is 3.40. The van der Waals surface area contributed by atoms with Gasteiger partial charge < -0.3 is 9.64 Å². The molecule has 1 spiro atoms. The van der Waals surface area contributed by atoms with Gasteiger partial charge in [-0.1, -0.05) is 48.5 Å². The summed E-state index contributed by atoms with van der Waals surface area (Å²) in [6, 6.07) is 27.5. The second kappa shape index (κ2) is 8.29. The van der Waals surface area contributed by atoms with Crippen LogP contribution in [0.4, 0.5) is 5.69 Å². The number of amides is 1. The second-order valence-electron chi connectivity index (χ2n) is 7.64. The van der Waals surface area contributed by atoms with Crippen molar-refractivity contribution in [3.05, 3.63) is 96.1 Å². The molecule has 166 valence electrons. The number of ether oxygens (including phenoxy) is 1. The lowest BCUT2D eigenvalue weighted by Gasteiger charge is -2.42. The molecule has 3 aromatic carbocycles. The third-order valence-electron chi connectivity index (χ3n) is 5.59. The number of hydrogen-bond acceptors (Lipinski definition) is 7. The van der Waals surface area contributed by atoms with E-state index in [1.54, 1.807) is 7.11 Å². The molecule has 0 aromatic heterocycles. The van der Waals surface area contributed by atoms with Gasteiger partial charge in [0.2, 0.25) is 5.91 Å². The van der Waals surface area contributed by atoms with Crippen LogP contribution in [0.5, 0.6) is 5.75 Å². The molecule has 3 aromatic rings. The monoisotopic (exact) mass is 457 g/mol. The normalized spacial score (nSPS) is 19.7. The van der Waals surface area contributed by atoms with Gasteiger partial charge in [-0.3, -0.25) is 4.79 Å². The van der Waals surface area contributed by atoms with Crippen molar-refractivity contribution in [1.29, 1.82) is 0 Å². The molecule has 33 heavy (non-hydrogen) atoms. The van der Waals surface area contributed by atoms with Crippen LogP contribution in [0.25, 0.3) is 0 Å². The molecule has 0 bridgehead atoms. The molecule has 0 aliphatic carbocycles. The van der Waals surface area contributed by atoms with E-state index in [4.69, 9.17) is 14.9 Å². The number of amidine groups is 1. The summed E-state index contributed by atoms with van der Waals surface area (Å²) in [5.74, 6) is 1.25. The summed E-state index contributed by atoms with van der Waals surface area (Å²) in [4.78, 5) is 14.9. The van der Waals surface area contributed by atoms with Gasteiger partial charge in [-0.2, -0.15) is 10.1 Å². The number of para-hydroxylation sites is 1. The minimum atomic E-state index is -1.02. The van der Waals surface area contributed by atoms with Gasteiger partial charge in [-0.05, 0) is 48.2 Å². The molecule has 0 saturated carbocycles. The van der Waals surface area contributed by atoms with Crippen LogP contribution in [0.1, 0.15) is 18.1 Å². The third kappa shape index (κ3) is 3.43. The quantitative estimate of drug-likeness (QED) is 0.582. The highest BCUT2D eigenvalue weighted by molar-refractivity contribution is 8.15. The number of methoxy groups -OCH3 is 1. The molecule has 1 amide bonds. The fourth-order valence-corrected chi connectivity index (χ4v) is 5.31. The van der Waals surface area contributed by atoms with Gasteiger partial charge in [0.05, 0.1) is 12.8 Å². The van der Waals surface area contributed by atoms with Crippen LogP contribution in [-0.2, 0) is 4.79 Å². The lowest BCUT2D eigenvalue weighted by Crippen LogP contribution is -2.61. The van der Waals surface area contributed by atoms with E-state index in [0.717, 1.165) is 27.6 Å². The number of hydrazone groups is 2. The van der Waals surface area contributed by atoms with Gasteiger partial charge in [0.15, 0.2) is 5.84 Å². The van der Waals surface area contributed by atoms with Crippen molar-refractivity contribution in [3.63, 3.8) is 0 Å². The van der Waals surface area contributed by atoms with Gasteiger partial charge in [0.25, 0.3) is 5.12 Å². The molecular weight excluding hydrogens is 434 g/mol. The summed E-state index contributed by atoms with van der Waals surface area (Å²) < 4.78 is 5.30. The molecule has 0 fully saturated rings. The summed E-state index contributed by atoms with van der Waals surface area (Å²) in [5.41, 5.74) is 2.72. The topological polar surface area (TPSA) is 60.7 Å². The lowest BCUT2D eigenvalue weighted by molar-refractivity contribution is -0.133. The zero-order chi connectivity index (χ0) is 23.0. The van der Waals surface area contributed by atoms with E-state index in [9.17, 15) is 4.79 Å². The predicted molar refractivity (Wildman–Crippen MR) is 132 cm³/mol. The summed E-state index contributed by atoms with van der Waals surface area (Å²) in [6.45, 7) is 1.53. The fourth-order valence-electron chi connectivity index (χ4n) is 3.96. The Bertz CT molecular complexity index is 1230. The Morgan fingerprint density at radius 2 is 1.52 bits per heavy atom. The molecule has 1 atom stereocenters. The van der Waals surface area contributed by atoms with Crippen LogP contribution >= 0.6 is 11.8 Å². The van der Waals surface area contributed by atoms with E-state index in [-0.39, 0.29) is 5.91 Å². The van der Waals surface area contributed by atoms with E-state index in [0.29, 0.717) is 5.84 Å². The van der Waals surface area contributed by atoms with Crippen LogP contribution in [0, 0.1) is 0 Å². The van der Waals surface area contributed by atoms with Crippen molar-refractivity contribution in [1.82, 2.24) is 9.91 Å². The van der Waals surface area contributed by atoms with Crippen LogP contribution in [-0.4, -0.2) is 46.0 Å². The standard InChI is InChI=1S/C25H23N5O2S/c1-18(31)29-25(28(2)23(26-29)19-14-16-22(32-3)17-15-19)30(21-12-8-5-9-13-21)27-24(33-25)20-10-6-4-7-11-20/h4-17H,1-3H3. The minimum Gasteiger partial charge on any atom is -0.497 e. The van der Waals surface area contributed by atoms with Crippen molar-refractivity contribution in [2.24, 2.45) is 10.2 Å². The highest BCUT2D eigenvalue weighted by Gasteiger charge is 2.59. The molecule has 2 heterocycles. The maximum atomic E-state index is 12.9. The SMILES string of the molecule is COc1ccc(C2=NN(C(C)=O)C3(SC(c4ccccc4)=NN3c3ccccc3)N2C)cc1. The van der Waals surface area contributed by atoms with Gasteiger partial charge in [-0.15, -0.1) is 5.10 Å². The summed E-state index contributed by atoms with van der Waals surface area (Å²) >= 11 is 1.49. The maximum Gasteiger partial charge on any atom is 0.291 e. The molecule has 0 saturated heterocycles. The van der Waals surface area contributed by atoms with Crippen LogP contribution in [0.15, 0.2) is 95.1 Å². The first kappa shape index (κ1) is 21.1. The minimum absolute atomic E-state index is 0.177. The maximum absolute atomic E-state index is 12.9. The number of carbonyl (C=O) groups excluding carboxylic acids is 1. The highest BCUT2D eigenvalue weighted by atomic mass is 32.2. The van der Waals surface area contributed by atoms with Crippen LogP contribution in [0.3, 0.4) is 0 Å². The third-order valence-corrected chi connectivity index (χ3v) is 7.00. The number of nitrogens with zero attached hydrogens (tertiary/aromatic N) is 5. The zero-order valence-corrected chi connectivity index (χ0v) is 19.4. The van der Waals surface area contributed by atoms with Crippen LogP contribution < -0.4 is 9.75 Å². The van der Waals surface area contributed by atoms with E-state index < -0.39 is 5.12 Å². The van der Waals surface area contributed by atoms with Crippen molar-refractivity contribution in [2.75, 3.05) is 19.2 Å². The van der Waals surface area contributed by atoms with E-state index in [2.05, 4.69) is 0 Å². The highest BCUT2D eigenvalue weighted by Crippen LogP contribution is 2.49. The van der Waals surface area contributed by atoms with E-state index in [1.807, 2.05) is 102 Å². The molecule has 7 nitrogen and oxygen atoms in total. The van der Waals surface area contributed by atoms with Gasteiger partial charge in [0.1, 0.15) is 10.8 Å². The Hall–Kier alpha value is -3.78. The first-order valence-corrected chi connectivity index (χ1v) is 11.3. The molecule has 1 unspecified atom stereocenters. The lowest BCUT2D eigenvalue weighted by atomic mass is 10.2. The smallest absolute Gasteiger partial charge is 0.291 e. The molecular formula is C25H23N5O2S.